The Hall–Kier alpha value is -1.51. The highest BCUT2D eigenvalue weighted by molar-refractivity contribution is 5.69. The third-order valence-electron chi connectivity index (χ3n) is 4.78. The molecule has 1 amide bonds. The summed E-state index contributed by atoms with van der Waals surface area (Å²) < 4.78 is 5.81. The molecule has 3 heteroatoms. The van der Waals surface area contributed by atoms with Gasteiger partial charge in [-0.3, -0.25) is 0 Å². The maximum atomic E-state index is 12.4. The lowest BCUT2D eigenvalue weighted by Crippen LogP contribution is -2.51. The average Bonchev–Trinajstić information content (AvgIpc) is 2.49. The minimum absolute atomic E-state index is 0.130. The first-order valence-electron chi connectivity index (χ1n) is 7.74. The maximum absolute atomic E-state index is 12.4. The van der Waals surface area contributed by atoms with E-state index < -0.39 is 5.60 Å². The number of cyclic esters (lactones) is 1. The largest absolute Gasteiger partial charge is 0.438 e. The quantitative estimate of drug-likeness (QED) is 0.812. The van der Waals surface area contributed by atoms with Crippen LogP contribution in [0.15, 0.2) is 30.3 Å². The zero-order chi connectivity index (χ0) is 14.0. The van der Waals surface area contributed by atoms with Crippen molar-refractivity contribution in [2.75, 3.05) is 6.54 Å². The molecule has 108 valence electrons. The van der Waals surface area contributed by atoms with Crippen LogP contribution in [-0.2, 0) is 10.3 Å². The Morgan fingerprint density at radius 1 is 1.15 bits per heavy atom. The molecule has 1 atom stereocenters. The number of benzene rings is 1. The molecular formula is C17H23NO2. The Morgan fingerprint density at radius 2 is 1.85 bits per heavy atom. The Labute approximate surface area is 120 Å². The number of carbonyl (C=O) groups excluding carboxylic acids is 1. The smallest absolute Gasteiger partial charge is 0.410 e. The van der Waals surface area contributed by atoms with Gasteiger partial charge < -0.3 is 9.64 Å². The highest BCUT2D eigenvalue weighted by Gasteiger charge is 2.40. The van der Waals surface area contributed by atoms with Gasteiger partial charge in [0, 0.05) is 19.0 Å². The van der Waals surface area contributed by atoms with E-state index in [0.717, 1.165) is 31.4 Å². The molecule has 1 aliphatic carbocycles. The number of hydrogen-bond donors (Lipinski definition) is 0. The fourth-order valence-electron chi connectivity index (χ4n) is 3.45. The predicted molar refractivity (Wildman–Crippen MR) is 78.5 cm³/mol. The number of ether oxygens (including phenoxy) is 1. The van der Waals surface area contributed by atoms with E-state index in [4.69, 9.17) is 4.74 Å². The fraction of sp³-hybridized carbons (Fsp3) is 0.588. The molecule has 1 unspecified atom stereocenters. The van der Waals surface area contributed by atoms with Gasteiger partial charge in [0.1, 0.15) is 5.60 Å². The molecule has 1 heterocycles. The van der Waals surface area contributed by atoms with Crippen LogP contribution in [0.3, 0.4) is 0 Å². The molecule has 1 aliphatic heterocycles. The van der Waals surface area contributed by atoms with Gasteiger partial charge in [0.2, 0.25) is 0 Å². The van der Waals surface area contributed by atoms with Crippen molar-refractivity contribution in [1.82, 2.24) is 4.90 Å². The lowest BCUT2D eigenvalue weighted by Gasteiger charge is -2.43. The monoisotopic (exact) mass is 273 g/mol. The van der Waals surface area contributed by atoms with Crippen molar-refractivity contribution in [3.8, 4) is 0 Å². The SMILES string of the molecule is CC1(c2ccccc2)CCN(C2CCCCC2)C(=O)O1. The van der Waals surface area contributed by atoms with E-state index in [0.29, 0.717) is 6.04 Å². The summed E-state index contributed by atoms with van der Waals surface area (Å²) in [6.07, 6.45) is 6.80. The molecule has 1 saturated heterocycles. The van der Waals surface area contributed by atoms with Gasteiger partial charge in [0.25, 0.3) is 0 Å². The molecule has 3 nitrogen and oxygen atoms in total. The number of nitrogens with zero attached hydrogens (tertiary/aromatic N) is 1. The van der Waals surface area contributed by atoms with Crippen LogP contribution < -0.4 is 0 Å². The first kappa shape index (κ1) is 13.5. The minimum Gasteiger partial charge on any atom is -0.438 e. The molecule has 20 heavy (non-hydrogen) atoms. The maximum Gasteiger partial charge on any atom is 0.410 e. The van der Waals surface area contributed by atoms with Crippen LogP contribution in [0.5, 0.6) is 0 Å². The summed E-state index contributed by atoms with van der Waals surface area (Å²) in [7, 11) is 0. The molecule has 0 aromatic heterocycles. The summed E-state index contributed by atoms with van der Waals surface area (Å²) in [5.74, 6) is 0. The Morgan fingerprint density at radius 3 is 2.50 bits per heavy atom. The molecule has 1 saturated carbocycles. The average molecular weight is 273 g/mol. The third-order valence-corrected chi connectivity index (χ3v) is 4.78. The zero-order valence-corrected chi connectivity index (χ0v) is 12.2. The Bertz CT molecular complexity index is 467. The van der Waals surface area contributed by atoms with E-state index in [2.05, 4.69) is 0 Å². The molecule has 0 radical (unpaired) electrons. The van der Waals surface area contributed by atoms with Crippen molar-refractivity contribution in [1.29, 1.82) is 0 Å². The Balaban J connectivity index is 1.71. The molecule has 1 aromatic carbocycles. The van der Waals surface area contributed by atoms with Crippen molar-refractivity contribution in [2.45, 2.75) is 57.1 Å². The van der Waals surface area contributed by atoms with E-state index in [9.17, 15) is 4.79 Å². The van der Waals surface area contributed by atoms with Crippen molar-refractivity contribution in [3.05, 3.63) is 35.9 Å². The zero-order valence-electron chi connectivity index (χ0n) is 12.2. The van der Waals surface area contributed by atoms with Crippen molar-refractivity contribution >= 4 is 6.09 Å². The van der Waals surface area contributed by atoms with Gasteiger partial charge in [-0.1, -0.05) is 49.6 Å². The highest BCUT2D eigenvalue weighted by atomic mass is 16.6. The molecule has 1 aromatic rings. The van der Waals surface area contributed by atoms with Gasteiger partial charge in [-0.05, 0) is 25.3 Å². The van der Waals surface area contributed by atoms with E-state index in [1.165, 1.54) is 19.3 Å². The first-order valence-corrected chi connectivity index (χ1v) is 7.74. The van der Waals surface area contributed by atoms with Gasteiger partial charge >= 0.3 is 6.09 Å². The van der Waals surface area contributed by atoms with Crippen LogP contribution in [0.4, 0.5) is 4.79 Å². The van der Waals surface area contributed by atoms with E-state index in [1.807, 2.05) is 42.2 Å². The summed E-state index contributed by atoms with van der Waals surface area (Å²) in [6, 6.07) is 10.5. The molecule has 2 fully saturated rings. The van der Waals surface area contributed by atoms with E-state index in [1.54, 1.807) is 0 Å². The lowest BCUT2D eigenvalue weighted by molar-refractivity contribution is -0.0534. The summed E-state index contributed by atoms with van der Waals surface area (Å²) in [5, 5.41) is 0. The van der Waals surface area contributed by atoms with Crippen molar-refractivity contribution in [2.24, 2.45) is 0 Å². The predicted octanol–water partition coefficient (Wildman–Crippen LogP) is 4.08. The van der Waals surface area contributed by atoms with Crippen LogP contribution in [0.1, 0.15) is 51.0 Å². The fourth-order valence-corrected chi connectivity index (χ4v) is 3.45. The van der Waals surface area contributed by atoms with Gasteiger partial charge in [-0.2, -0.15) is 0 Å². The van der Waals surface area contributed by atoms with Gasteiger partial charge in [0.15, 0.2) is 0 Å². The lowest BCUT2D eigenvalue weighted by atomic mass is 9.89. The Kier molecular flexibility index (Phi) is 3.68. The van der Waals surface area contributed by atoms with Crippen LogP contribution in [0.2, 0.25) is 0 Å². The molecular weight excluding hydrogens is 250 g/mol. The molecule has 0 spiro atoms. The first-order chi connectivity index (χ1) is 9.69. The van der Waals surface area contributed by atoms with Gasteiger partial charge in [0.05, 0.1) is 0 Å². The van der Waals surface area contributed by atoms with Gasteiger partial charge in [-0.25, -0.2) is 4.79 Å². The molecule has 0 bridgehead atoms. The molecule has 0 N–H and O–H groups in total. The number of carbonyl (C=O) groups is 1. The summed E-state index contributed by atoms with van der Waals surface area (Å²) >= 11 is 0. The standard InChI is InChI=1S/C17H23NO2/c1-17(14-8-4-2-5-9-14)12-13-18(16(19)20-17)15-10-6-3-7-11-15/h2,4-5,8-9,15H,3,6-7,10-13H2,1H3. The highest BCUT2D eigenvalue weighted by Crippen LogP contribution is 2.35. The second-order valence-electron chi connectivity index (χ2n) is 6.20. The van der Waals surface area contributed by atoms with Crippen molar-refractivity contribution in [3.63, 3.8) is 0 Å². The van der Waals surface area contributed by atoms with E-state index >= 15 is 0 Å². The van der Waals surface area contributed by atoms with Gasteiger partial charge in [-0.15, -0.1) is 0 Å². The van der Waals surface area contributed by atoms with Crippen molar-refractivity contribution < 1.29 is 9.53 Å². The normalized spacial score (nSPS) is 28.2. The number of hydrogen-bond acceptors (Lipinski definition) is 2. The molecule has 2 aliphatic rings. The second-order valence-corrected chi connectivity index (χ2v) is 6.20. The van der Waals surface area contributed by atoms with Crippen LogP contribution in [0, 0.1) is 0 Å². The van der Waals surface area contributed by atoms with Crippen LogP contribution in [-0.4, -0.2) is 23.6 Å². The molecule has 3 rings (SSSR count). The summed E-state index contributed by atoms with van der Waals surface area (Å²) in [6.45, 7) is 2.84. The minimum atomic E-state index is -0.469. The number of rotatable bonds is 2. The summed E-state index contributed by atoms with van der Waals surface area (Å²) in [5.41, 5.74) is 0.625. The number of amides is 1. The van der Waals surface area contributed by atoms with Crippen LogP contribution >= 0.6 is 0 Å². The van der Waals surface area contributed by atoms with Crippen LogP contribution in [0.25, 0.3) is 0 Å². The summed E-state index contributed by atoms with van der Waals surface area (Å²) in [4.78, 5) is 14.3. The second kappa shape index (κ2) is 5.47. The topological polar surface area (TPSA) is 29.5 Å². The third kappa shape index (κ3) is 2.54. The van der Waals surface area contributed by atoms with E-state index in [-0.39, 0.29) is 6.09 Å².